The second kappa shape index (κ2) is 9.17. The van der Waals surface area contributed by atoms with E-state index in [0.29, 0.717) is 0 Å². The van der Waals surface area contributed by atoms with E-state index < -0.39 is 70.0 Å². The highest BCUT2D eigenvalue weighted by atomic mass is 19.1. The SMILES string of the molecule is CCC(CC)COC(=O)OC1(C(=O)O)[C@H](C)C[C@H]2[C@@H]3C[C@H](F)C4=CC(=O)C=C[C@]4(C)[C@@]3(F)[C@@H](O)C[C@@]21C. The van der Waals surface area contributed by atoms with Crippen LogP contribution < -0.4 is 0 Å². The number of aliphatic hydroxyl groups excluding tert-OH is 1. The number of fused-ring (bicyclic) bond motifs is 5. The average Bonchev–Trinajstić information content (AvgIpc) is 3.05. The third-order valence-corrected chi connectivity index (χ3v) is 10.3. The van der Waals surface area contributed by atoms with Crippen LogP contribution in [-0.4, -0.2) is 58.3 Å². The lowest BCUT2D eigenvalue weighted by Gasteiger charge is -2.62. The molecular weight excluding hydrogens is 486 g/mol. The Labute approximate surface area is 216 Å². The third-order valence-electron chi connectivity index (χ3n) is 10.3. The van der Waals surface area contributed by atoms with Gasteiger partial charge in [0.2, 0.25) is 5.60 Å². The molecule has 0 bridgehead atoms. The molecule has 0 spiro atoms. The van der Waals surface area contributed by atoms with E-state index in [1.807, 2.05) is 13.8 Å². The Kier molecular flexibility index (Phi) is 6.88. The molecular formula is C28H38F2O7. The summed E-state index contributed by atoms with van der Waals surface area (Å²) < 4.78 is 43.8. The molecule has 1 unspecified atom stereocenters. The van der Waals surface area contributed by atoms with Crippen LogP contribution in [0.3, 0.4) is 0 Å². The number of rotatable bonds is 6. The number of alkyl halides is 2. The first-order valence-corrected chi connectivity index (χ1v) is 13.3. The molecule has 206 valence electrons. The molecule has 0 radical (unpaired) electrons. The van der Waals surface area contributed by atoms with Gasteiger partial charge in [-0.2, -0.15) is 0 Å². The quantitative estimate of drug-likeness (QED) is 0.473. The monoisotopic (exact) mass is 524 g/mol. The third kappa shape index (κ3) is 3.62. The van der Waals surface area contributed by atoms with Crippen LogP contribution in [0.25, 0.3) is 0 Å². The molecule has 0 amide bonds. The molecule has 3 fully saturated rings. The first-order chi connectivity index (χ1) is 17.2. The molecule has 4 aliphatic carbocycles. The van der Waals surface area contributed by atoms with Crippen LogP contribution in [0.4, 0.5) is 13.6 Å². The fraction of sp³-hybridized carbons (Fsp3) is 0.750. The Morgan fingerprint density at radius 3 is 2.43 bits per heavy atom. The number of carbonyl (C=O) groups is 3. The van der Waals surface area contributed by atoms with Crippen LogP contribution in [0.2, 0.25) is 0 Å². The summed E-state index contributed by atoms with van der Waals surface area (Å²) in [4.78, 5) is 37.7. The predicted molar refractivity (Wildman–Crippen MR) is 130 cm³/mol. The van der Waals surface area contributed by atoms with Crippen molar-refractivity contribution in [3.05, 3.63) is 23.8 Å². The summed E-state index contributed by atoms with van der Waals surface area (Å²) in [6, 6.07) is 0. The van der Waals surface area contributed by atoms with Gasteiger partial charge in [-0.05, 0) is 55.7 Å². The van der Waals surface area contributed by atoms with Gasteiger partial charge in [-0.25, -0.2) is 18.4 Å². The summed E-state index contributed by atoms with van der Waals surface area (Å²) in [5, 5.41) is 21.9. The van der Waals surface area contributed by atoms with Crippen LogP contribution in [0.1, 0.15) is 66.7 Å². The van der Waals surface area contributed by atoms with Gasteiger partial charge in [-0.3, -0.25) is 4.79 Å². The molecule has 4 rings (SSSR count). The average molecular weight is 525 g/mol. The largest absolute Gasteiger partial charge is 0.509 e. The van der Waals surface area contributed by atoms with Gasteiger partial charge in [-0.1, -0.05) is 46.6 Å². The van der Waals surface area contributed by atoms with Crippen LogP contribution in [-0.2, 0) is 19.1 Å². The van der Waals surface area contributed by atoms with Crippen LogP contribution in [0, 0.1) is 34.5 Å². The van der Waals surface area contributed by atoms with Crippen LogP contribution in [0.15, 0.2) is 23.8 Å². The minimum absolute atomic E-state index is 0.00169. The van der Waals surface area contributed by atoms with Crippen molar-refractivity contribution in [2.24, 2.45) is 34.5 Å². The first kappa shape index (κ1) is 27.7. The number of ketones is 1. The van der Waals surface area contributed by atoms with Crippen molar-refractivity contribution in [3.8, 4) is 0 Å². The maximum absolute atomic E-state index is 17.3. The van der Waals surface area contributed by atoms with E-state index in [0.717, 1.165) is 18.9 Å². The van der Waals surface area contributed by atoms with Crippen molar-refractivity contribution < 1.29 is 42.9 Å². The number of hydrogen-bond donors (Lipinski definition) is 2. The maximum Gasteiger partial charge on any atom is 0.509 e. The Bertz CT molecular complexity index is 1040. The normalized spacial score (nSPS) is 44.5. The fourth-order valence-electron chi connectivity index (χ4n) is 8.11. The number of aliphatic carboxylic acids is 1. The van der Waals surface area contributed by atoms with Gasteiger partial charge in [0, 0.05) is 22.7 Å². The topological polar surface area (TPSA) is 110 Å². The minimum atomic E-state index is -2.34. The minimum Gasteiger partial charge on any atom is -0.478 e. The maximum atomic E-state index is 17.3. The number of ether oxygens (including phenoxy) is 2. The van der Waals surface area contributed by atoms with E-state index in [4.69, 9.17) is 9.47 Å². The van der Waals surface area contributed by atoms with Crippen molar-refractivity contribution >= 4 is 17.9 Å². The summed E-state index contributed by atoms with van der Waals surface area (Å²) in [5.74, 6) is -4.26. The molecule has 2 N–H and O–H groups in total. The molecule has 7 nitrogen and oxygen atoms in total. The lowest BCUT2D eigenvalue weighted by Crippen LogP contribution is -2.71. The van der Waals surface area contributed by atoms with E-state index in [2.05, 4.69) is 0 Å². The van der Waals surface area contributed by atoms with Crippen molar-refractivity contribution in [2.75, 3.05) is 6.61 Å². The number of hydrogen-bond acceptors (Lipinski definition) is 6. The smallest absolute Gasteiger partial charge is 0.478 e. The molecule has 0 aliphatic heterocycles. The summed E-state index contributed by atoms with van der Waals surface area (Å²) in [7, 11) is 0. The van der Waals surface area contributed by atoms with Crippen molar-refractivity contribution in [3.63, 3.8) is 0 Å². The number of allylic oxidation sites excluding steroid dienone is 4. The molecule has 0 aromatic rings. The molecule has 0 aromatic carbocycles. The van der Waals surface area contributed by atoms with Gasteiger partial charge >= 0.3 is 12.1 Å². The van der Waals surface area contributed by atoms with Crippen LogP contribution >= 0.6 is 0 Å². The summed E-state index contributed by atoms with van der Waals surface area (Å²) >= 11 is 0. The first-order valence-electron chi connectivity index (χ1n) is 13.3. The number of carboxylic acid groups (broad SMARTS) is 1. The summed E-state index contributed by atoms with van der Waals surface area (Å²) in [5.41, 5.74) is -7.40. The van der Waals surface area contributed by atoms with Crippen molar-refractivity contribution in [1.82, 2.24) is 0 Å². The van der Waals surface area contributed by atoms with E-state index in [-0.39, 0.29) is 37.4 Å². The van der Waals surface area contributed by atoms with Crippen LogP contribution in [0.5, 0.6) is 0 Å². The summed E-state index contributed by atoms with van der Waals surface area (Å²) in [6.07, 6.45) is 0.285. The highest BCUT2D eigenvalue weighted by molar-refractivity contribution is 6.01. The number of aliphatic hydroxyl groups is 1. The molecule has 0 aromatic heterocycles. The molecule has 3 saturated carbocycles. The Morgan fingerprint density at radius 1 is 1.19 bits per heavy atom. The van der Waals surface area contributed by atoms with E-state index >= 15 is 8.78 Å². The standard InChI is InChI=1S/C28H38F2O7/c1-6-16(7-2)14-36-24(35)37-28(23(33)34)15(3)10-18-19-12-21(29)20-11-17(31)8-9-25(20,4)27(19,30)22(32)13-26(18,28)5/h8-9,11,15-16,18-19,21-22,32H,6-7,10,12-14H2,1-5H3,(H,33,34)/t15-,18+,19+,21+,22+,25+,26+,27+,28?/m1/s1. The number of carbonyl (C=O) groups excluding carboxylic acids is 2. The highest BCUT2D eigenvalue weighted by Gasteiger charge is 2.78. The lowest BCUT2D eigenvalue weighted by molar-refractivity contribution is -0.231. The van der Waals surface area contributed by atoms with Gasteiger partial charge in [0.15, 0.2) is 11.5 Å². The fourth-order valence-corrected chi connectivity index (χ4v) is 8.11. The Balaban J connectivity index is 1.74. The van der Waals surface area contributed by atoms with E-state index in [1.165, 1.54) is 19.1 Å². The second-order valence-corrected chi connectivity index (χ2v) is 11.9. The van der Waals surface area contributed by atoms with Crippen molar-refractivity contribution in [2.45, 2.75) is 90.3 Å². The summed E-state index contributed by atoms with van der Waals surface area (Å²) in [6.45, 7) is 8.70. The highest BCUT2D eigenvalue weighted by Crippen LogP contribution is 2.71. The zero-order valence-corrected chi connectivity index (χ0v) is 22.1. The van der Waals surface area contributed by atoms with Gasteiger partial charge in [0.1, 0.15) is 6.17 Å². The molecule has 4 aliphatic rings. The molecule has 9 atom stereocenters. The molecule has 0 heterocycles. The second-order valence-electron chi connectivity index (χ2n) is 11.9. The van der Waals surface area contributed by atoms with Gasteiger partial charge in [0.25, 0.3) is 0 Å². The molecule has 9 heteroatoms. The Morgan fingerprint density at radius 2 is 1.84 bits per heavy atom. The van der Waals surface area contributed by atoms with E-state index in [1.54, 1.807) is 13.8 Å². The van der Waals surface area contributed by atoms with Gasteiger partial charge in [-0.15, -0.1) is 0 Å². The molecule has 0 saturated heterocycles. The van der Waals surface area contributed by atoms with E-state index in [9.17, 15) is 24.6 Å². The number of halogens is 2. The zero-order valence-electron chi connectivity index (χ0n) is 22.1. The van der Waals surface area contributed by atoms with Gasteiger partial charge < -0.3 is 19.7 Å². The lowest BCUT2D eigenvalue weighted by atomic mass is 9.44. The predicted octanol–water partition coefficient (Wildman–Crippen LogP) is 4.96. The molecule has 37 heavy (non-hydrogen) atoms. The Hall–Kier alpha value is -2.29. The van der Waals surface area contributed by atoms with Crippen molar-refractivity contribution in [1.29, 1.82) is 0 Å². The zero-order chi connectivity index (χ0) is 27.6. The number of carboxylic acids is 1. The van der Waals surface area contributed by atoms with Gasteiger partial charge in [0.05, 0.1) is 12.7 Å².